The first-order valence-corrected chi connectivity index (χ1v) is 8.06. The normalized spacial score (nSPS) is 10.9. The van der Waals surface area contributed by atoms with Crippen LogP contribution in [0.25, 0.3) is 10.2 Å². The van der Waals surface area contributed by atoms with Gasteiger partial charge in [-0.1, -0.05) is 6.07 Å². The summed E-state index contributed by atoms with van der Waals surface area (Å²) in [6.45, 7) is 2.97. The van der Waals surface area contributed by atoms with E-state index in [0.717, 1.165) is 22.6 Å². The van der Waals surface area contributed by atoms with Gasteiger partial charge in [0.25, 0.3) is 0 Å². The van der Waals surface area contributed by atoms with Gasteiger partial charge in [0.05, 0.1) is 11.9 Å². The summed E-state index contributed by atoms with van der Waals surface area (Å²) in [6, 6.07) is 6.40. The average molecular weight is 304 g/mol. The molecule has 1 N–H and O–H groups in total. The third-order valence-electron chi connectivity index (χ3n) is 3.05. The minimum absolute atomic E-state index is 0.673. The first-order valence-electron chi connectivity index (χ1n) is 6.37. The van der Waals surface area contributed by atoms with E-state index in [1.165, 1.54) is 9.75 Å². The molecule has 0 unspecified atom stereocenters. The van der Waals surface area contributed by atoms with Gasteiger partial charge in [-0.25, -0.2) is 4.98 Å². The van der Waals surface area contributed by atoms with Crippen LogP contribution in [0.2, 0.25) is 0 Å². The molecule has 0 bridgehead atoms. The van der Waals surface area contributed by atoms with Gasteiger partial charge in [0.1, 0.15) is 10.6 Å². The number of anilines is 2. The molecule has 0 fully saturated rings. The summed E-state index contributed by atoms with van der Waals surface area (Å²) in [5, 5.41) is 6.28. The van der Waals surface area contributed by atoms with Crippen LogP contribution in [0.3, 0.4) is 0 Å². The molecule has 20 heavy (non-hydrogen) atoms. The SMILES string of the molecule is CNc1nc(N(C)Cc2cccs2)c2cc(C)sc2n1. The lowest BCUT2D eigenvalue weighted by molar-refractivity contribution is 0.916. The van der Waals surface area contributed by atoms with Crippen LogP contribution in [-0.4, -0.2) is 24.1 Å². The van der Waals surface area contributed by atoms with E-state index in [0.29, 0.717) is 5.95 Å². The summed E-state index contributed by atoms with van der Waals surface area (Å²) < 4.78 is 0. The summed E-state index contributed by atoms with van der Waals surface area (Å²) in [7, 11) is 3.93. The fourth-order valence-corrected chi connectivity index (χ4v) is 3.77. The molecule has 0 atom stereocenters. The number of nitrogens with zero attached hydrogens (tertiary/aromatic N) is 3. The lowest BCUT2D eigenvalue weighted by Gasteiger charge is -2.18. The second-order valence-electron chi connectivity index (χ2n) is 4.63. The van der Waals surface area contributed by atoms with Crippen LogP contribution < -0.4 is 10.2 Å². The zero-order valence-corrected chi connectivity index (χ0v) is 13.3. The molecule has 3 aromatic rings. The zero-order chi connectivity index (χ0) is 14.1. The van der Waals surface area contributed by atoms with Gasteiger partial charge in [0.15, 0.2) is 0 Å². The van der Waals surface area contributed by atoms with Crippen molar-refractivity contribution >= 4 is 44.7 Å². The monoisotopic (exact) mass is 304 g/mol. The van der Waals surface area contributed by atoms with Crippen molar-refractivity contribution in [2.75, 3.05) is 24.3 Å². The van der Waals surface area contributed by atoms with Crippen molar-refractivity contribution in [3.63, 3.8) is 0 Å². The molecule has 0 spiro atoms. The molecular weight excluding hydrogens is 288 g/mol. The van der Waals surface area contributed by atoms with E-state index in [1.807, 2.05) is 7.05 Å². The molecule has 3 aromatic heterocycles. The smallest absolute Gasteiger partial charge is 0.225 e. The van der Waals surface area contributed by atoms with Crippen molar-refractivity contribution in [2.45, 2.75) is 13.5 Å². The van der Waals surface area contributed by atoms with E-state index in [1.54, 1.807) is 22.7 Å². The van der Waals surface area contributed by atoms with Crippen molar-refractivity contribution in [3.05, 3.63) is 33.3 Å². The molecule has 6 heteroatoms. The molecule has 104 valence electrons. The minimum atomic E-state index is 0.673. The Kier molecular flexibility index (Phi) is 3.58. The van der Waals surface area contributed by atoms with E-state index in [2.05, 4.69) is 57.7 Å². The Balaban J connectivity index is 2.04. The summed E-state index contributed by atoms with van der Waals surface area (Å²) in [4.78, 5) is 15.0. The van der Waals surface area contributed by atoms with Gasteiger partial charge in [-0.3, -0.25) is 0 Å². The molecule has 0 radical (unpaired) electrons. The Labute approximate surface area is 126 Å². The Morgan fingerprint density at radius 1 is 1.35 bits per heavy atom. The topological polar surface area (TPSA) is 41.1 Å². The largest absolute Gasteiger partial charge is 0.357 e. The Morgan fingerprint density at radius 3 is 2.90 bits per heavy atom. The highest BCUT2D eigenvalue weighted by Gasteiger charge is 2.14. The predicted molar refractivity (Wildman–Crippen MR) is 88.1 cm³/mol. The van der Waals surface area contributed by atoms with E-state index >= 15 is 0 Å². The highest BCUT2D eigenvalue weighted by Crippen LogP contribution is 2.32. The van der Waals surface area contributed by atoms with Crippen LogP contribution in [0.1, 0.15) is 9.75 Å². The van der Waals surface area contributed by atoms with Crippen molar-refractivity contribution < 1.29 is 0 Å². The molecule has 4 nitrogen and oxygen atoms in total. The van der Waals surface area contributed by atoms with Gasteiger partial charge >= 0.3 is 0 Å². The van der Waals surface area contributed by atoms with Crippen LogP contribution in [0.15, 0.2) is 23.6 Å². The van der Waals surface area contributed by atoms with E-state index in [9.17, 15) is 0 Å². The fourth-order valence-electron chi connectivity index (χ4n) is 2.14. The maximum atomic E-state index is 4.63. The Bertz CT molecular complexity index is 718. The lowest BCUT2D eigenvalue weighted by atomic mass is 10.3. The van der Waals surface area contributed by atoms with E-state index < -0.39 is 0 Å². The number of aryl methyl sites for hydroxylation is 1. The van der Waals surface area contributed by atoms with Crippen molar-refractivity contribution in [2.24, 2.45) is 0 Å². The minimum Gasteiger partial charge on any atom is -0.357 e. The van der Waals surface area contributed by atoms with Crippen LogP contribution in [0.4, 0.5) is 11.8 Å². The van der Waals surface area contributed by atoms with E-state index in [-0.39, 0.29) is 0 Å². The number of aromatic nitrogens is 2. The van der Waals surface area contributed by atoms with Crippen LogP contribution >= 0.6 is 22.7 Å². The zero-order valence-electron chi connectivity index (χ0n) is 11.7. The number of fused-ring (bicyclic) bond motifs is 1. The summed E-state index contributed by atoms with van der Waals surface area (Å²) in [5.41, 5.74) is 0. The third-order valence-corrected chi connectivity index (χ3v) is 4.86. The number of thiophene rings is 2. The van der Waals surface area contributed by atoms with Gasteiger partial charge in [0, 0.05) is 23.8 Å². The molecule has 0 amide bonds. The molecule has 0 aromatic carbocycles. The third kappa shape index (κ3) is 2.48. The Hall–Kier alpha value is -1.66. The van der Waals surface area contributed by atoms with E-state index in [4.69, 9.17) is 0 Å². The quantitative estimate of drug-likeness (QED) is 0.797. The average Bonchev–Trinajstić information content (AvgIpc) is 3.05. The van der Waals surface area contributed by atoms with Gasteiger partial charge in [-0.15, -0.1) is 22.7 Å². The second-order valence-corrected chi connectivity index (χ2v) is 6.90. The molecule has 0 saturated heterocycles. The van der Waals surface area contributed by atoms with Gasteiger partial charge in [-0.2, -0.15) is 4.98 Å². The molecular formula is C14H16N4S2. The number of hydrogen-bond acceptors (Lipinski definition) is 6. The molecule has 0 aliphatic heterocycles. The van der Waals surface area contributed by atoms with Gasteiger partial charge in [0.2, 0.25) is 5.95 Å². The number of nitrogens with one attached hydrogen (secondary N) is 1. The lowest BCUT2D eigenvalue weighted by Crippen LogP contribution is -2.18. The molecule has 3 heterocycles. The maximum Gasteiger partial charge on any atom is 0.225 e. The van der Waals surface area contributed by atoms with Crippen LogP contribution in [0, 0.1) is 6.92 Å². The van der Waals surface area contributed by atoms with Crippen molar-refractivity contribution in [1.82, 2.24) is 9.97 Å². The highest BCUT2D eigenvalue weighted by atomic mass is 32.1. The van der Waals surface area contributed by atoms with Crippen molar-refractivity contribution in [3.8, 4) is 0 Å². The van der Waals surface area contributed by atoms with Crippen LogP contribution in [-0.2, 0) is 6.54 Å². The van der Waals surface area contributed by atoms with Crippen LogP contribution in [0.5, 0.6) is 0 Å². The van der Waals surface area contributed by atoms with Gasteiger partial charge in [-0.05, 0) is 24.4 Å². The number of hydrogen-bond donors (Lipinski definition) is 1. The molecule has 3 rings (SSSR count). The highest BCUT2D eigenvalue weighted by molar-refractivity contribution is 7.18. The van der Waals surface area contributed by atoms with Gasteiger partial charge < -0.3 is 10.2 Å². The summed E-state index contributed by atoms with van der Waals surface area (Å²) >= 11 is 3.47. The molecule has 0 aliphatic carbocycles. The first-order chi connectivity index (χ1) is 9.67. The maximum absolute atomic E-state index is 4.63. The summed E-state index contributed by atoms with van der Waals surface area (Å²) in [5.74, 6) is 1.66. The fraction of sp³-hybridized carbons (Fsp3) is 0.286. The molecule has 0 saturated carbocycles. The van der Waals surface area contributed by atoms with Crippen molar-refractivity contribution in [1.29, 1.82) is 0 Å². The molecule has 0 aliphatic rings. The summed E-state index contributed by atoms with van der Waals surface area (Å²) in [6.07, 6.45) is 0. The first kappa shape index (κ1) is 13.3. The standard InChI is InChI=1S/C14H16N4S2/c1-9-7-11-12(16-14(15-2)17-13(11)20-9)18(3)8-10-5-4-6-19-10/h4-7H,8H2,1-3H3,(H,15,16,17). The number of rotatable bonds is 4. The second kappa shape index (κ2) is 5.38. The predicted octanol–water partition coefficient (Wildman–Crippen LogP) is 3.74. The Morgan fingerprint density at radius 2 is 2.20 bits per heavy atom.